The minimum absolute atomic E-state index is 0.114. The summed E-state index contributed by atoms with van der Waals surface area (Å²) in [5, 5.41) is 0. The Kier molecular flexibility index (Phi) is 5.98. The molecule has 6 heteroatoms. The highest BCUT2D eigenvalue weighted by molar-refractivity contribution is 7.91. The first-order valence-corrected chi connectivity index (χ1v) is 7.76. The Bertz CT molecular complexity index is 495. The van der Waals surface area contributed by atoms with Gasteiger partial charge in [0.15, 0.2) is 9.84 Å². The van der Waals surface area contributed by atoms with Gasteiger partial charge >= 0.3 is 5.97 Å². The molecule has 5 nitrogen and oxygen atoms in total. The lowest BCUT2D eigenvalue weighted by atomic mass is 10.2. The van der Waals surface area contributed by atoms with Gasteiger partial charge < -0.3 is 9.47 Å². The van der Waals surface area contributed by atoms with Crippen molar-refractivity contribution in [3.05, 3.63) is 35.9 Å². The van der Waals surface area contributed by atoms with Crippen molar-refractivity contribution >= 4 is 15.8 Å². The summed E-state index contributed by atoms with van der Waals surface area (Å²) in [5.74, 6) is -1.11. The molecule has 0 aliphatic heterocycles. The second-order valence-corrected chi connectivity index (χ2v) is 5.87. The second-order valence-electron chi connectivity index (χ2n) is 3.83. The predicted octanol–water partition coefficient (Wildman–Crippen LogP) is 1.53. The maximum absolute atomic E-state index is 12.2. The van der Waals surface area contributed by atoms with Crippen molar-refractivity contribution < 1.29 is 22.7 Å². The highest BCUT2D eigenvalue weighted by Gasteiger charge is 2.34. The molecule has 0 heterocycles. The molecule has 1 atom stereocenters. The summed E-state index contributed by atoms with van der Waals surface area (Å²) in [6.07, 6.45) is 0. The number of esters is 1. The van der Waals surface area contributed by atoms with Crippen LogP contribution in [0.25, 0.3) is 0 Å². The Morgan fingerprint density at radius 2 is 1.79 bits per heavy atom. The van der Waals surface area contributed by atoms with Crippen LogP contribution in [0.1, 0.15) is 19.4 Å². The zero-order chi connectivity index (χ0) is 14.3. The number of sulfone groups is 1. The molecule has 1 rings (SSSR count). The lowest BCUT2D eigenvalue weighted by Crippen LogP contribution is -2.35. The van der Waals surface area contributed by atoms with E-state index in [1.165, 1.54) is 0 Å². The molecule has 0 aliphatic carbocycles. The average molecular weight is 286 g/mol. The smallest absolute Gasteiger partial charge is 0.351 e. The second kappa shape index (κ2) is 7.25. The van der Waals surface area contributed by atoms with Crippen molar-refractivity contribution in [2.24, 2.45) is 0 Å². The topological polar surface area (TPSA) is 69.7 Å². The molecular formula is C13H18O5S. The summed E-state index contributed by atoms with van der Waals surface area (Å²) in [5.41, 5.74) is -0.950. The van der Waals surface area contributed by atoms with E-state index in [9.17, 15) is 13.2 Å². The molecule has 0 amide bonds. The van der Waals surface area contributed by atoms with E-state index in [2.05, 4.69) is 0 Å². The van der Waals surface area contributed by atoms with Gasteiger partial charge in [0.05, 0.1) is 12.4 Å². The zero-order valence-corrected chi connectivity index (χ0v) is 11.9. The van der Waals surface area contributed by atoms with Gasteiger partial charge in [-0.2, -0.15) is 0 Å². The Morgan fingerprint density at radius 3 is 2.32 bits per heavy atom. The fourth-order valence-corrected chi connectivity index (χ4v) is 3.08. The molecule has 19 heavy (non-hydrogen) atoms. The summed E-state index contributed by atoms with van der Waals surface area (Å²) in [6.45, 7) is 3.48. The number of benzene rings is 1. The van der Waals surface area contributed by atoms with Crippen LogP contribution >= 0.6 is 0 Å². The van der Waals surface area contributed by atoms with E-state index in [1.54, 1.807) is 44.2 Å². The maximum atomic E-state index is 12.2. The molecule has 0 aromatic heterocycles. The summed E-state index contributed by atoms with van der Waals surface area (Å²) in [4.78, 5) is 11.6. The minimum Gasteiger partial charge on any atom is -0.463 e. The molecule has 0 spiro atoms. The molecule has 0 bridgehead atoms. The maximum Gasteiger partial charge on any atom is 0.351 e. The first-order valence-electron chi connectivity index (χ1n) is 6.05. The number of carbonyl (C=O) groups excluding carboxylic acids is 1. The molecule has 0 aliphatic rings. The third kappa shape index (κ3) is 4.65. The van der Waals surface area contributed by atoms with E-state index < -0.39 is 21.2 Å². The molecule has 0 saturated carbocycles. The van der Waals surface area contributed by atoms with Crippen LogP contribution in [0.15, 0.2) is 30.3 Å². The van der Waals surface area contributed by atoms with Crippen LogP contribution in [-0.2, 0) is 29.9 Å². The largest absolute Gasteiger partial charge is 0.463 e. The zero-order valence-electron chi connectivity index (χ0n) is 11.0. The minimum atomic E-state index is -3.76. The van der Waals surface area contributed by atoms with E-state index in [4.69, 9.17) is 9.47 Å². The predicted molar refractivity (Wildman–Crippen MR) is 71.1 cm³/mol. The fraction of sp³-hybridized carbons (Fsp3) is 0.462. The van der Waals surface area contributed by atoms with Crippen molar-refractivity contribution in [2.45, 2.75) is 25.0 Å². The Labute approximate surface area is 113 Å². The standard InChI is InChI=1S/C13H18O5S/c1-3-17-12(14)13(18-4-2)19(15,16)10-11-8-6-5-7-9-11/h5-9,13H,3-4,10H2,1-2H3. The molecule has 106 valence electrons. The van der Waals surface area contributed by atoms with Crippen molar-refractivity contribution in [2.75, 3.05) is 13.2 Å². The van der Waals surface area contributed by atoms with Gasteiger partial charge in [0.1, 0.15) is 0 Å². The number of carbonyl (C=O) groups is 1. The van der Waals surface area contributed by atoms with Crippen molar-refractivity contribution in [1.29, 1.82) is 0 Å². The summed E-state index contributed by atoms with van der Waals surface area (Å²) in [7, 11) is -3.76. The van der Waals surface area contributed by atoms with Crippen LogP contribution < -0.4 is 0 Å². The van der Waals surface area contributed by atoms with E-state index in [0.717, 1.165) is 0 Å². The van der Waals surface area contributed by atoms with Gasteiger partial charge in [-0.1, -0.05) is 30.3 Å². The molecule has 0 radical (unpaired) electrons. The summed E-state index contributed by atoms with van der Waals surface area (Å²) < 4.78 is 34.1. The summed E-state index contributed by atoms with van der Waals surface area (Å²) >= 11 is 0. The highest BCUT2D eigenvalue weighted by Crippen LogP contribution is 2.14. The number of hydrogen-bond acceptors (Lipinski definition) is 5. The van der Waals surface area contributed by atoms with Crippen LogP contribution in [0.2, 0.25) is 0 Å². The van der Waals surface area contributed by atoms with Crippen LogP contribution in [0.5, 0.6) is 0 Å². The number of hydrogen-bond donors (Lipinski definition) is 0. The lowest BCUT2D eigenvalue weighted by Gasteiger charge is -2.16. The van der Waals surface area contributed by atoms with Gasteiger partial charge in [0.25, 0.3) is 5.44 Å². The third-order valence-corrected chi connectivity index (χ3v) is 4.05. The summed E-state index contributed by atoms with van der Waals surface area (Å²) in [6, 6.07) is 8.65. The lowest BCUT2D eigenvalue weighted by molar-refractivity contribution is -0.150. The van der Waals surface area contributed by atoms with Crippen molar-refractivity contribution in [1.82, 2.24) is 0 Å². The fourth-order valence-electron chi connectivity index (χ4n) is 1.56. The third-order valence-electron chi connectivity index (χ3n) is 2.33. The van der Waals surface area contributed by atoms with Crippen LogP contribution in [-0.4, -0.2) is 33.0 Å². The Balaban J connectivity index is 2.90. The Morgan fingerprint density at radius 1 is 1.16 bits per heavy atom. The first-order chi connectivity index (χ1) is 9.01. The number of rotatable bonds is 7. The molecule has 1 unspecified atom stereocenters. The van der Waals surface area contributed by atoms with Gasteiger partial charge in [-0.05, 0) is 19.4 Å². The molecular weight excluding hydrogens is 268 g/mol. The molecule has 1 aromatic carbocycles. The van der Waals surface area contributed by atoms with Gasteiger partial charge in [0.2, 0.25) is 0 Å². The SMILES string of the molecule is CCOC(=O)C(OCC)S(=O)(=O)Cc1ccccc1. The van der Waals surface area contributed by atoms with Crippen LogP contribution in [0, 0.1) is 0 Å². The highest BCUT2D eigenvalue weighted by atomic mass is 32.2. The van der Waals surface area contributed by atoms with E-state index in [1.807, 2.05) is 0 Å². The Hall–Kier alpha value is -1.40. The van der Waals surface area contributed by atoms with Crippen molar-refractivity contribution in [3.8, 4) is 0 Å². The number of ether oxygens (including phenoxy) is 2. The van der Waals surface area contributed by atoms with E-state index in [0.29, 0.717) is 5.56 Å². The molecule has 0 N–H and O–H groups in total. The average Bonchev–Trinajstić information content (AvgIpc) is 2.36. The van der Waals surface area contributed by atoms with E-state index in [-0.39, 0.29) is 19.0 Å². The molecule has 0 saturated heterocycles. The van der Waals surface area contributed by atoms with Crippen molar-refractivity contribution in [3.63, 3.8) is 0 Å². The van der Waals surface area contributed by atoms with Gasteiger partial charge in [-0.15, -0.1) is 0 Å². The van der Waals surface area contributed by atoms with Crippen LogP contribution in [0.4, 0.5) is 0 Å². The van der Waals surface area contributed by atoms with Gasteiger partial charge in [-0.3, -0.25) is 0 Å². The first kappa shape index (κ1) is 15.7. The van der Waals surface area contributed by atoms with E-state index >= 15 is 0 Å². The quantitative estimate of drug-likeness (QED) is 0.711. The van der Waals surface area contributed by atoms with Gasteiger partial charge in [-0.25, -0.2) is 13.2 Å². The van der Waals surface area contributed by atoms with Crippen LogP contribution in [0.3, 0.4) is 0 Å². The monoisotopic (exact) mass is 286 g/mol. The molecule has 1 aromatic rings. The molecule has 0 fully saturated rings. The normalized spacial score (nSPS) is 12.9. The van der Waals surface area contributed by atoms with Gasteiger partial charge in [0, 0.05) is 6.61 Å².